The highest BCUT2D eigenvalue weighted by Gasteiger charge is 2.19. The molecule has 1 N–H and O–H groups in total. The van der Waals surface area contributed by atoms with Gasteiger partial charge < -0.3 is 5.32 Å². The summed E-state index contributed by atoms with van der Waals surface area (Å²) in [7, 11) is 0. The third-order valence-corrected chi connectivity index (χ3v) is 4.63. The van der Waals surface area contributed by atoms with Crippen LogP contribution >= 0.6 is 0 Å². The van der Waals surface area contributed by atoms with Crippen LogP contribution in [0, 0.1) is 19.7 Å². The van der Waals surface area contributed by atoms with E-state index in [4.69, 9.17) is 0 Å². The number of amides is 1. The molecule has 1 saturated heterocycles. The van der Waals surface area contributed by atoms with Gasteiger partial charge in [0.05, 0.1) is 6.54 Å². The summed E-state index contributed by atoms with van der Waals surface area (Å²) in [6.45, 7) is 8.48. The molecule has 1 aliphatic heterocycles. The Balaban J connectivity index is 1.44. The maximum absolute atomic E-state index is 13.6. The summed E-state index contributed by atoms with van der Waals surface area (Å²) in [5, 5.41) is 2.77. The lowest BCUT2D eigenvalue weighted by molar-refractivity contribution is -0.117. The quantitative estimate of drug-likeness (QED) is 0.895. The Bertz CT molecular complexity index is 772. The Morgan fingerprint density at radius 1 is 1.12 bits per heavy atom. The molecule has 2 aromatic rings. The molecule has 2 heterocycles. The Kier molecular flexibility index (Phi) is 5.96. The summed E-state index contributed by atoms with van der Waals surface area (Å²) in [4.78, 5) is 20.9. The largest absolute Gasteiger partial charge is 0.325 e. The molecule has 1 aliphatic rings. The first-order chi connectivity index (χ1) is 12.5. The van der Waals surface area contributed by atoms with Crippen LogP contribution in [0.1, 0.15) is 16.7 Å². The number of anilines is 1. The number of rotatable bonds is 5. The second-order valence-electron chi connectivity index (χ2n) is 6.93. The van der Waals surface area contributed by atoms with Gasteiger partial charge in [0.1, 0.15) is 5.82 Å². The molecular weight excluding hydrogens is 331 g/mol. The number of nitrogens with one attached hydrogen (secondary N) is 1. The molecule has 0 aliphatic carbocycles. The lowest BCUT2D eigenvalue weighted by Crippen LogP contribution is -2.48. The van der Waals surface area contributed by atoms with E-state index in [1.54, 1.807) is 19.1 Å². The standard InChI is InChI=1S/C20H25FN4O/c1-15-9-17(12-22-11-15)13-24-5-7-25(8-6-24)14-20(26)23-18-4-3-16(2)19(21)10-18/h3-4,9-12H,5-8,13-14H2,1-2H3,(H,23,26). The Morgan fingerprint density at radius 2 is 1.85 bits per heavy atom. The van der Waals surface area contributed by atoms with Crippen molar-refractivity contribution in [2.75, 3.05) is 38.0 Å². The van der Waals surface area contributed by atoms with Crippen molar-refractivity contribution in [2.24, 2.45) is 0 Å². The van der Waals surface area contributed by atoms with Crippen LogP contribution < -0.4 is 5.32 Å². The number of carbonyl (C=O) groups excluding carboxylic acids is 1. The maximum atomic E-state index is 13.6. The average Bonchev–Trinajstić information content (AvgIpc) is 2.60. The topological polar surface area (TPSA) is 48.5 Å². The predicted molar refractivity (Wildman–Crippen MR) is 100 cm³/mol. The zero-order valence-corrected chi connectivity index (χ0v) is 15.3. The molecular formula is C20H25FN4O. The summed E-state index contributed by atoms with van der Waals surface area (Å²) in [5.41, 5.74) is 3.47. The number of halogens is 1. The number of hydrogen-bond donors (Lipinski definition) is 1. The molecule has 3 rings (SSSR count). The SMILES string of the molecule is Cc1cncc(CN2CCN(CC(=O)Nc3ccc(C)c(F)c3)CC2)c1. The van der Waals surface area contributed by atoms with Crippen molar-refractivity contribution in [3.05, 3.63) is 59.2 Å². The van der Waals surface area contributed by atoms with Gasteiger partial charge in [0.25, 0.3) is 0 Å². The Labute approximate surface area is 153 Å². The van der Waals surface area contributed by atoms with Crippen molar-refractivity contribution in [2.45, 2.75) is 20.4 Å². The number of benzene rings is 1. The van der Waals surface area contributed by atoms with Gasteiger partial charge in [-0.25, -0.2) is 4.39 Å². The first-order valence-electron chi connectivity index (χ1n) is 8.91. The number of nitrogens with zero attached hydrogens (tertiary/aromatic N) is 3. The molecule has 6 heteroatoms. The van der Waals surface area contributed by atoms with Gasteiger partial charge in [-0.15, -0.1) is 0 Å². The third-order valence-electron chi connectivity index (χ3n) is 4.63. The van der Waals surface area contributed by atoms with E-state index < -0.39 is 0 Å². The monoisotopic (exact) mass is 356 g/mol. The first-order valence-corrected chi connectivity index (χ1v) is 8.91. The van der Waals surface area contributed by atoms with Crippen molar-refractivity contribution in [1.29, 1.82) is 0 Å². The van der Waals surface area contributed by atoms with Crippen LogP contribution in [0.2, 0.25) is 0 Å². The minimum Gasteiger partial charge on any atom is -0.325 e. The van der Waals surface area contributed by atoms with Crippen LogP contribution in [0.15, 0.2) is 36.7 Å². The molecule has 0 bridgehead atoms. The Morgan fingerprint density at radius 3 is 2.54 bits per heavy atom. The highest BCUT2D eigenvalue weighted by molar-refractivity contribution is 5.92. The van der Waals surface area contributed by atoms with Gasteiger partial charge in [-0.3, -0.25) is 19.6 Å². The lowest BCUT2D eigenvalue weighted by Gasteiger charge is -2.34. The molecule has 0 spiro atoms. The zero-order chi connectivity index (χ0) is 18.5. The third kappa shape index (κ3) is 5.09. The smallest absolute Gasteiger partial charge is 0.238 e. The fourth-order valence-electron chi connectivity index (χ4n) is 3.14. The van der Waals surface area contributed by atoms with Crippen molar-refractivity contribution in [3.8, 4) is 0 Å². The molecule has 1 aromatic heterocycles. The minimum atomic E-state index is -0.304. The highest BCUT2D eigenvalue weighted by Crippen LogP contribution is 2.14. The van der Waals surface area contributed by atoms with E-state index >= 15 is 0 Å². The van der Waals surface area contributed by atoms with Gasteiger partial charge in [0.15, 0.2) is 0 Å². The van der Waals surface area contributed by atoms with E-state index in [0.717, 1.165) is 32.7 Å². The van der Waals surface area contributed by atoms with Crippen LogP contribution in [-0.2, 0) is 11.3 Å². The molecule has 0 radical (unpaired) electrons. The Hall–Kier alpha value is -2.31. The number of aryl methyl sites for hydroxylation is 2. The van der Waals surface area contributed by atoms with E-state index in [1.807, 2.05) is 19.3 Å². The summed E-state index contributed by atoms with van der Waals surface area (Å²) >= 11 is 0. The lowest BCUT2D eigenvalue weighted by atomic mass is 10.2. The molecule has 0 saturated carbocycles. The van der Waals surface area contributed by atoms with Crippen LogP contribution in [0.25, 0.3) is 0 Å². The fraction of sp³-hybridized carbons (Fsp3) is 0.400. The molecule has 1 fully saturated rings. The van der Waals surface area contributed by atoms with Crippen molar-refractivity contribution in [3.63, 3.8) is 0 Å². The molecule has 138 valence electrons. The number of piperazine rings is 1. The van der Waals surface area contributed by atoms with Crippen LogP contribution in [0.3, 0.4) is 0 Å². The van der Waals surface area contributed by atoms with E-state index in [0.29, 0.717) is 17.8 Å². The molecule has 0 unspecified atom stereocenters. The molecule has 1 amide bonds. The minimum absolute atomic E-state index is 0.107. The zero-order valence-electron chi connectivity index (χ0n) is 15.3. The molecule has 26 heavy (non-hydrogen) atoms. The number of aromatic nitrogens is 1. The van der Waals surface area contributed by atoms with Crippen LogP contribution in [0.5, 0.6) is 0 Å². The summed E-state index contributed by atoms with van der Waals surface area (Å²) in [5.74, 6) is -0.411. The van der Waals surface area contributed by atoms with Gasteiger partial charge in [-0.2, -0.15) is 0 Å². The molecule has 0 atom stereocenters. The van der Waals surface area contributed by atoms with E-state index in [-0.39, 0.29) is 11.7 Å². The maximum Gasteiger partial charge on any atom is 0.238 e. The second kappa shape index (κ2) is 8.38. The van der Waals surface area contributed by atoms with Crippen molar-refractivity contribution >= 4 is 11.6 Å². The summed E-state index contributed by atoms with van der Waals surface area (Å²) in [6, 6.07) is 6.92. The summed E-state index contributed by atoms with van der Waals surface area (Å²) in [6.07, 6.45) is 3.77. The normalized spacial score (nSPS) is 15.8. The number of hydrogen-bond acceptors (Lipinski definition) is 4. The summed E-state index contributed by atoms with van der Waals surface area (Å²) < 4.78 is 13.6. The van der Waals surface area contributed by atoms with Gasteiger partial charge in [-0.05, 0) is 42.7 Å². The van der Waals surface area contributed by atoms with Crippen LogP contribution in [-0.4, -0.2) is 53.4 Å². The van der Waals surface area contributed by atoms with Gasteiger partial charge in [-0.1, -0.05) is 12.1 Å². The molecule has 5 nitrogen and oxygen atoms in total. The van der Waals surface area contributed by atoms with Crippen molar-refractivity contribution in [1.82, 2.24) is 14.8 Å². The van der Waals surface area contributed by atoms with Gasteiger partial charge in [0.2, 0.25) is 5.91 Å². The predicted octanol–water partition coefficient (Wildman–Crippen LogP) is 2.59. The number of carbonyl (C=O) groups is 1. The number of pyridine rings is 1. The second-order valence-corrected chi connectivity index (χ2v) is 6.93. The van der Waals surface area contributed by atoms with Gasteiger partial charge >= 0.3 is 0 Å². The van der Waals surface area contributed by atoms with Crippen molar-refractivity contribution < 1.29 is 9.18 Å². The highest BCUT2D eigenvalue weighted by atomic mass is 19.1. The van der Waals surface area contributed by atoms with E-state index in [1.165, 1.54) is 17.2 Å². The van der Waals surface area contributed by atoms with E-state index in [9.17, 15) is 9.18 Å². The van der Waals surface area contributed by atoms with Gasteiger partial charge in [0, 0.05) is 50.8 Å². The average molecular weight is 356 g/mol. The molecule has 1 aromatic carbocycles. The fourth-order valence-corrected chi connectivity index (χ4v) is 3.14. The van der Waals surface area contributed by atoms with Crippen LogP contribution in [0.4, 0.5) is 10.1 Å². The first kappa shape index (κ1) is 18.5. The van der Waals surface area contributed by atoms with E-state index in [2.05, 4.69) is 26.2 Å².